The summed E-state index contributed by atoms with van der Waals surface area (Å²) in [6, 6.07) is 12.8. The number of primary amides is 1. The van der Waals surface area contributed by atoms with E-state index in [1.807, 2.05) is 30.3 Å². The van der Waals surface area contributed by atoms with Crippen molar-refractivity contribution in [3.05, 3.63) is 54.2 Å². The number of nitrogens with two attached hydrogens (primary N) is 1. The van der Waals surface area contributed by atoms with Crippen molar-refractivity contribution < 1.29 is 14.3 Å². The van der Waals surface area contributed by atoms with Crippen LogP contribution < -0.4 is 5.73 Å². The van der Waals surface area contributed by atoms with Gasteiger partial charge in [-0.3, -0.25) is 4.79 Å². The van der Waals surface area contributed by atoms with E-state index < -0.39 is 18.0 Å². The van der Waals surface area contributed by atoms with E-state index in [-0.39, 0.29) is 0 Å². The lowest BCUT2D eigenvalue weighted by atomic mass is 10.3. The summed E-state index contributed by atoms with van der Waals surface area (Å²) in [4.78, 5) is 28.2. The van der Waals surface area contributed by atoms with Gasteiger partial charge < -0.3 is 10.5 Å². The number of hydrogen-bond acceptors (Lipinski definition) is 5. The molecule has 0 fully saturated rings. The van der Waals surface area contributed by atoms with E-state index in [0.29, 0.717) is 10.6 Å². The fourth-order valence-corrected chi connectivity index (χ4v) is 2.40. The summed E-state index contributed by atoms with van der Waals surface area (Å²) in [6.07, 6.45) is 0.617. The highest BCUT2D eigenvalue weighted by molar-refractivity contribution is 7.99. The molecule has 108 valence electrons. The quantitative estimate of drug-likeness (QED) is 0.857. The maximum atomic E-state index is 12.1. The summed E-state index contributed by atoms with van der Waals surface area (Å²) >= 11 is 1.35. The monoisotopic (exact) mass is 302 g/mol. The molecule has 0 radical (unpaired) electrons. The van der Waals surface area contributed by atoms with Gasteiger partial charge in [-0.2, -0.15) is 0 Å². The maximum absolute atomic E-state index is 12.1. The predicted molar refractivity (Wildman–Crippen MR) is 78.9 cm³/mol. The van der Waals surface area contributed by atoms with Gasteiger partial charge in [0.25, 0.3) is 5.91 Å². The Bertz CT molecular complexity index is 646. The summed E-state index contributed by atoms with van der Waals surface area (Å²) in [5.41, 5.74) is 5.39. The molecule has 2 aromatic rings. The van der Waals surface area contributed by atoms with Crippen LogP contribution in [0.3, 0.4) is 0 Å². The minimum atomic E-state index is -0.979. The average molecular weight is 302 g/mol. The SMILES string of the molecule is C[C@H](OC(=O)c1cccnc1Sc1ccccc1)C(N)=O. The molecule has 2 N–H and O–H groups in total. The van der Waals surface area contributed by atoms with Crippen LogP contribution in [0.5, 0.6) is 0 Å². The van der Waals surface area contributed by atoms with E-state index in [4.69, 9.17) is 10.5 Å². The van der Waals surface area contributed by atoms with Crippen LogP contribution in [0.25, 0.3) is 0 Å². The standard InChI is InChI=1S/C15H14N2O3S/c1-10(13(16)18)20-15(19)12-8-5-9-17-14(12)21-11-6-3-2-4-7-11/h2-10H,1H3,(H2,16,18)/t10-/m0/s1. The molecule has 5 nitrogen and oxygen atoms in total. The number of esters is 1. The highest BCUT2D eigenvalue weighted by Crippen LogP contribution is 2.28. The molecule has 1 aromatic heterocycles. The Balaban J connectivity index is 2.20. The van der Waals surface area contributed by atoms with Crippen molar-refractivity contribution in [1.29, 1.82) is 0 Å². The number of pyridine rings is 1. The molecule has 0 spiro atoms. The molecule has 0 aliphatic heterocycles. The third-order valence-electron chi connectivity index (χ3n) is 2.63. The zero-order valence-corrected chi connectivity index (χ0v) is 12.2. The highest BCUT2D eigenvalue weighted by Gasteiger charge is 2.19. The highest BCUT2D eigenvalue weighted by atomic mass is 32.2. The first-order valence-corrected chi connectivity index (χ1v) is 7.08. The molecule has 0 aliphatic carbocycles. The Morgan fingerprint density at radius 3 is 2.57 bits per heavy atom. The molecule has 0 aliphatic rings. The number of carbonyl (C=O) groups excluding carboxylic acids is 2. The smallest absolute Gasteiger partial charge is 0.341 e. The largest absolute Gasteiger partial charge is 0.449 e. The normalized spacial score (nSPS) is 11.7. The second kappa shape index (κ2) is 6.90. The number of carbonyl (C=O) groups is 2. The predicted octanol–water partition coefficient (Wildman–Crippen LogP) is 2.26. The Kier molecular flexibility index (Phi) is 4.94. The van der Waals surface area contributed by atoms with Gasteiger partial charge in [-0.1, -0.05) is 30.0 Å². The fourth-order valence-electron chi connectivity index (χ4n) is 1.51. The number of rotatable bonds is 5. The van der Waals surface area contributed by atoms with Crippen LogP contribution in [-0.4, -0.2) is 23.0 Å². The third-order valence-corrected chi connectivity index (χ3v) is 3.66. The minimum Gasteiger partial charge on any atom is -0.449 e. The van der Waals surface area contributed by atoms with E-state index in [9.17, 15) is 9.59 Å². The van der Waals surface area contributed by atoms with Gasteiger partial charge in [-0.15, -0.1) is 0 Å². The number of benzene rings is 1. The summed E-state index contributed by atoms with van der Waals surface area (Å²) in [5, 5.41) is 0.519. The zero-order chi connectivity index (χ0) is 15.2. The van der Waals surface area contributed by atoms with Gasteiger partial charge in [0, 0.05) is 11.1 Å². The van der Waals surface area contributed by atoms with Crippen molar-refractivity contribution >= 4 is 23.6 Å². The van der Waals surface area contributed by atoms with Gasteiger partial charge in [-0.25, -0.2) is 9.78 Å². The van der Waals surface area contributed by atoms with E-state index >= 15 is 0 Å². The van der Waals surface area contributed by atoms with Gasteiger partial charge in [0.2, 0.25) is 0 Å². The van der Waals surface area contributed by atoms with Crippen molar-refractivity contribution in [3.63, 3.8) is 0 Å². The number of amides is 1. The van der Waals surface area contributed by atoms with Crippen molar-refractivity contribution in [2.24, 2.45) is 5.73 Å². The lowest BCUT2D eigenvalue weighted by Gasteiger charge is -2.11. The van der Waals surface area contributed by atoms with Crippen LogP contribution in [0.15, 0.2) is 58.6 Å². The van der Waals surface area contributed by atoms with Crippen LogP contribution in [-0.2, 0) is 9.53 Å². The second-order valence-electron chi connectivity index (χ2n) is 4.22. The van der Waals surface area contributed by atoms with Gasteiger partial charge >= 0.3 is 5.97 Å². The third kappa shape index (κ3) is 4.06. The molecular formula is C15H14N2O3S. The first-order chi connectivity index (χ1) is 10.1. The minimum absolute atomic E-state index is 0.305. The zero-order valence-electron chi connectivity index (χ0n) is 11.4. The Hall–Kier alpha value is -2.34. The average Bonchev–Trinajstić information content (AvgIpc) is 2.48. The van der Waals surface area contributed by atoms with Crippen molar-refractivity contribution in [2.45, 2.75) is 22.9 Å². The van der Waals surface area contributed by atoms with E-state index in [1.165, 1.54) is 18.7 Å². The molecule has 21 heavy (non-hydrogen) atoms. The Morgan fingerprint density at radius 2 is 1.90 bits per heavy atom. The fraction of sp³-hybridized carbons (Fsp3) is 0.133. The molecule has 0 bridgehead atoms. The Labute approximate surface area is 126 Å². The van der Waals surface area contributed by atoms with Crippen molar-refractivity contribution in [2.75, 3.05) is 0 Å². The number of hydrogen-bond donors (Lipinski definition) is 1. The van der Waals surface area contributed by atoms with Crippen LogP contribution in [0.2, 0.25) is 0 Å². The number of aromatic nitrogens is 1. The molecule has 2 rings (SSSR count). The van der Waals surface area contributed by atoms with Crippen LogP contribution in [0.4, 0.5) is 0 Å². The summed E-state index contributed by atoms with van der Waals surface area (Å²) in [7, 11) is 0. The summed E-state index contributed by atoms with van der Waals surface area (Å²) in [5.74, 6) is -1.31. The molecule has 1 amide bonds. The first kappa shape index (κ1) is 15.1. The van der Waals surface area contributed by atoms with Crippen LogP contribution >= 0.6 is 11.8 Å². The maximum Gasteiger partial charge on any atom is 0.341 e. The van der Waals surface area contributed by atoms with Gasteiger partial charge in [0.05, 0.1) is 5.56 Å². The van der Waals surface area contributed by atoms with Gasteiger partial charge in [0.15, 0.2) is 6.10 Å². The van der Waals surface area contributed by atoms with Crippen molar-refractivity contribution in [1.82, 2.24) is 4.98 Å². The lowest BCUT2D eigenvalue weighted by Crippen LogP contribution is -2.30. The molecule has 6 heteroatoms. The van der Waals surface area contributed by atoms with Crippen molar-refractivity contribution in [3.8, 4) is 0 Å². The molecule has 0 saturated carbocycles. The van der Waals surface area contributed by atoms with Gasteiger partial charge in [-0.05, 0) is 31.2 Å². The number of nitrogens with zero attached hydrogens (tertiary/aromatic N) is 1. The second-order valence-corrected chi connectivity index (χ2v) is 5.28. The first-order valence-electron chi connectivity index (χ1n) is 6.26. The Morgan fingerprint density at radius 1 is 1.19 bits per heavy atom. The van der Waals surface area contributed by atoms with E-state index in [0.717, 1.165) is 4.90 Å². The summed E-state index contributed by atoms with van der Waals surface area (Å²) in [6.45, 7) is 1.43. The molecule has 1 heterocycles. The van der Waals surface area contributed by atoms with E-state index in [2.05, 4.69) is 4.98 Å². The lowest BCUT2D eigenvalue weighted by molar-refractivity contribution is -0.125. The van der Waals surface area contributed by atoms with Crippen LogP contribution in [0.1, 0.15) is 17.3 Å². The van der Waals surface area contributed by atoms with Crippen LogP contribution in [0, 0.1) is 0 Å². The molecule has 1 aromatic carbocycles. The van der Waals surface area contributed by atoms with E-state index in [1.54, 1.807) is 18.3 Å². The number of ether oxygens (including phenoxy) is 1. The summed E-state index contributed by atoms with van der Waals surface area (Å²) < 4.78 is 5.01. The molecule has 0 saturated heterocycles. The topological polar surface area (TPSA) is 82.3 Å². The van der Waals surface area contributed by atoms with Gasteiger partial charge in [0.1, 0.15) is 5.03 Å². The molecule has 0 unspecified atom stereocenters. The molecular weight excluding hydrogens is 288 g/mol. The molecule has 1 atom stereocenters.